The Morgan fingerprint density at radius 1 is 0.853 bits per heavy atom. The van der Waals surface area contributed by atoms with Crippen LogP contribution in [0.1, 0.15) is 11.1 Å². The molecule has 1 fully saturated rings. The Balaban J connectivity index is 1.51. The van der Waals surface area contributed by atoms with Gasteiger partial charge in [-0.15, -0.1) is 0 Å². The SMILES string of the molecule is O=C1S/C(=C\c2cn(-c3ccccc3)nc2-c2ccc(Cl)cc2)C(=O)N1Cc1ccc(Cl)cc1. The van der Waals surface area contributed by atoms with Gasteiger partial charge >= 0.3 is 0 Å². The molecule has 0 spiro atoms. The van der Waals surface area contributed by atoms with Crippen LogP contribution >= 0.6 is 35.0 Å². The summed E-state index contributed by atoms with van der Waals surface area (Å²) < 4.78 is 1.76. The predicted molar refractivity (Wildman–Crippen MR) is 137 cm³/mol. The lowest BCUT2D eigenvalue weighted by atomic mass is 10.1. The summed E-state index contributed by atoms with van der Waals surface area (Å²) in [7, 11) is 0. The van der Waals surface area contributed by atoms with E-state index >= 15 is 0 Å². The fourth-order valence-corrected chi connectivity index (χ4v) is 4.67. The molecule has 168 valence electrons. The molecule has 0 unspecified atom stereocenters. The minimum Gasteiger partial charge on any atom is -0.268 e. The first-order chi connectivity index (χ1) is 16.5. The summed E-state index contributed by atoms with van der Waals surface area (Å²) in [6.45, 7) is 0.187. The number of hydrogen-bond acceptors (Lipinski definition) is 4. The summed E-state index contributed by atoms with van der Waals surface area (Å²) in [5.41, 5.74) is 3.97. The molecule has 0 saturated carbocycles. The van der Waals surface area contributed by atoms with E-state index in [1.807, 2.05) is 48.7 Å². The van der Waals surface area contributed by atoms with E-state index in [2.05, 4.69) is 0 Å². The zero-order valence-corrected chi connectivity index (χ0v) is 20.0. The molecule has 0 radical (unpaired) electrons. The maximum absolute atomic E-state index is 13.1. The number of halogens is 2. The normalized spacial score (nSPS) is 14.9. The van der Waals surface area contributed by atoms with Gasteiger partial charge in [0.15, 0.2) is 0 Å². The van der Waals surface area contributed by atoms with Gasteiger partial charge in [-0.25, -0.2) is 4.68 Å². The van der Waals surface area contributed by atoms with Crippen LogP contribution in [0.4, 0.5) is 4.79 Å². The zero-order chi connectivity index (χ0) is 23.7. The first-order valence-corrected chi connectivity index (χ1v) is 12.0. The average Bonchev–Trinajstić information content (AvgIpc) is 3.38. The van der Waals surface area contributed by atoms with E-state index in [9.17, 15) is 9.59 Å². The highest BCUT2D eigenvalue weighted by Gasteiger charge is 2.35. The van der Waals surface area contributed by atoms with Gasteiger partial charge in [0.1, 0.15) is 0 Å². The summed E-state index contributed by atoms with van der Waals surface area (Å²) in [6.07, 6.45) is 3.58. The standard InChI is InChI=1S/C26H17Cl2N3O2S/c27-20-10-6-17(7-11-20)15-30-25(32)23(34-26(30)33)14-19-16-31(22-4-2-1-3-5-22)29-24(19)18-8-12-21(28)13-9-18/h1-14,16H,15H2/b23-14-. The van der Waals surface area contributed by atoms with Gasteiger partial charge in [-0.3, -0.25) is 14.5 Å². The van der Waals surface area contributed by atoms with E-state index in [1.165, 1.54) is 4.90 Å². The predicted octanol–water partition coefficient (Wildman–Crippen LogP) is 7.08. The fraction of sp³-hybridized carbons (Fsp3) is 0.0385. The smallest absolute Gasteiger partial charge is 0.268 e. The minimum absolute atomic E-state index is 0.187. The van der Waals surface area contributed by atoms with E-state index in [-0.39, 0.29) is 17.7 Å². The van der Waals surface area contributed by atoms with Gasteiger partial charge in [-0.2, -0.15) is 5.10 Å². The molecule has 34 heavy (non-hydrogen) atoms. The van der Waals surface area contributed by atoms with Crippen LogP contribution in [0.3, 0.4) is 0 Å². The van der Waals surface area contributed by atoms with Crippen LogP contribution in [0.25, 0.3) is 23.0 Å². The number of carbonyl (C=O) groups is 2. The van der Waals surface area contributed by atoms with Crippen LogP contribution in [0, 0.1) is 0 Å². The van der Waals surface area contributed by atoms with Crippen molar-refractivity contribution in [1.82, 2.24) is 14.7 Å². The molecule has 0 bridgehead atoms. The number of thioether (sulfide) groups is 1. The van der Waals surface area contributed by atoms with Gasteiger partial charge in [0.05, 0.1) is 22.8 Å². The summed E-state index contributed by atoms with van der Waals surface area (Å²) in [5, 5.41) is 5.67. The zero-order valence-electron chi connectivity index (χ0n) is 17.7. The van der Waals surface area contributed by atoms with Crippen molar-refractivity contribution < 1.29 is 9.59 Å². The molecule has 4 aromatic rings. The molecule has 1 aliphatic heterocycles. The van der Waals surface area contributed by atoms with E-state index < -0.39 is 0 Å². The number of amides is 2. The Bertz CT molecular complexity index is 1400. The summed E-state index contributed by atoms with van der Waals surface area (Å²) in [5.74, 6) is -0.334. The molecule has 5 rings (SSSR count). The number of para-hydroxylation sites is 1. The molecule has 8 heteroatoms. The molecule has 3 aromatic carbocycles. The minimum atomic E-state index is -0.334. The van der Waals surface area contributed by atoms with Gasteiger partial charge in [-0.05, 0) is 59.8 Å². The van der Waals surface area contributed by atoms with Crippen molar-refractivity contribution in [2.75, 3.05) is 0 Å². The number of hydrogen-bond donors (Lipinski definition) is 0. The van der Waals surface area contributed by atoms with Crippen molar-refractivity contribution in [3.8, 4) is 16.9 Å². The van der Waals surface area contributed by atoms with E-state index in [4.69, 9.17) is 28.3 Å². The Hall–Kier alpha value is -3.32. The molecular weight excluding hydrogens is 489 g/mol. The molecule has 0 N–H and O–H groups in total. The number of rotatable bonds is 5. The highest BCUT2D eigenvalue weighted by molar-refractivity contribution is 8.18. The lowest BCUT2D eigenvalue weighted by Gasteiger charge is -2.12. The topological polar surface area (TPSA) is 55.2 Å². The summed E-state index contributed by atoms with van der Waals surface area (Å²) in [4.78, 5) is 27.3. The van der Waals surface area contributed by atoms with Crippen molar-refractivity contribution >= 4 is 52.2 Å². The molecular formula is C26H17Cl2N3O2S. The second-order valence-electron chi connectivity index (χ2n) is 7.61. The first kappa shape index (κ1) is 22.5. The largest absolute Gasteiger partial charge is 0.293 e. The lowest BCUT2D eigenvalue weighted by molar-refractivity contribution is -0.123. The van der Waals surface area contributed by atoms with E-state index in [1.54, 1.807) is 47.2 Å². The molecule has 0 atom stereocenters. The van der Waals surface area contributed by atoms with Crippen LogP contribution in [0.2, 0.25) is 10.0 Å². The fourth-order valence-electron chi connectivity index (χ4n) is 3.59. The molecule has 2 amide bonds. The number of imide groups is 1. The van der Waals surface area contributed by atoms with Crippen molar-refractivity contribution in [2.45, 2.75) is 6.54 Å². The number of nitrogens with zero attached hydrogens (tertiary/aromatic N) is 3. The molecule has 1 aliphatic rings. The monoisotopic (exact) mass is 505 g/mol. The molecule has 0 aliphatic carbocycles. The van der Waals surface area contributed by atoms with Gasteiger partial charge in [0.25, 0.3) is 11.1 Å². The summed E-state index contributed by atoms with van der Waals surface area (Å²) >= 11 is 12.9. The van der Waals surface area contributed by atoms with Crippen molar-refractivity contribution in [1.29, 1.82) is 0 Å². The second kappa shape index (κ2) is 9.50. The second-order valence-corrected chi connectivity index (χ2v) is 9.48. The Kier molecular flexibility index (Phi) is 6.28. The average molecular weight is 506 g/mol. The van der Waals surface area contributed by atoms with Gasteiger partial charge < -0.3 is 0 Å². The quantitative estimate of drug-likeness (QED) is 0.272. The Labute approximate surface area is 210 Å². The van der Waals surface area contributed by atoms with Crippen LogP contribution in [-0.4, -0.2) is 25.8 Å². The molecule has 5 nitrogen and oxygen atoms in total. The van der Waals surface area contributed by atoms with Gasteiger partial charge in [0.2, 0.25) is 0 Å². The van der Waals surface area contributed by atoms with Crippen LogP contribution in [-0.2, 0) is 11.3 Å². The number of benzene rings is 3. The van der Waals surface area contributed by atoms with E-state index in [0.29, 0.717) is 20.6 Å². The highest BCUT2D eigenvalue weighted by Crippen LogP contribution is 2.35. The molecule has 1 aromatic heterocycles. The maximum Gasteiger partial charge on any atom is 0.293 e. The van der Waals surface area contributed by atoms with Crippen LogP contribution in [0.15, 0.2) is 90.0 Å². The third kappa shape index (κ3) is 4.66. The molecule has 2 heterocycles. The van der Waals surface area contributed by atoms with Crippen molar-refractivity contribution in [3.05, 3.63) is 111 Å². The van der Waals surface area contributed by atoms with E-state index in [0.717, 1.165) is 34.1 Å². The van der Waals surface area contributed by atoms with Gasteiger partial charge in [0, 0.05) is 27.4 Å². The maximum atomic E-state index is 13.1. The third-order valence-electron chi connectivity index (χ3n) is 5.30. The first-order valence-electron chi connectivity index (χ1n) is 10.4. The van der Waals surface area contributed by atoms with Crippen molar-refractivity contribution in [2.24, 2.45) is 0 Å². The number of aromatic nitrogens is 2. The van der Waals surface area contributed by atoms with Crippen molar-refractivity contribution in [3.63, 3.8) is 0 Å². The highest BCUT2D eigenvalue weighted by atomic mass is 35.5. The lowest BCUT2D eigenvalue weighted by Crippen LogP contribution is -2.27. The van der Waals surface area contributed by atoms with Crippen LogP contribution in [0.5, 0.6) is 0 Å². The van der Waals surface area contributed by atoms with Gasteiger partial charge in [-0.1, -0.05) is 65.7 Å². The third-order valence-corrected chi connectivity index (χ3v) is 6.71. The van der Waals surface area contributed by atoms with Crippen LogP contribution < -0.4 is 0 Å². The Morgan fingerprint density at radius 3 is 2.18 bits per heavy atom. The molecule has 1 saturated heterocycles. The summed E-state index contributed by atoms with van der Waals surface area (Å²) in [6, 6.07) is 24.1. The Morgan fingerprint density at radius 2 is 1.50 bits per heavy atom. The number of carbonyl (C=O) groups excluding carboxylic acids is 2.